The molecule has 0 spiro atoms. The van der Waals surface area contributed by atoms with Crippen molar-refractivity contribution >= 4 is 22.5 Å². The molecule has 3 rings (SSSR count). The van der Waals surface area contributed by atoms with Gasteiger partial charge in [-0.25, -0.2) is 9.97 Å². The molecule has 0 saturated carbocycles. The van der Waals surface area contributed by atoms with E-state index in [4.69, 9.17) is 5.73 Å². The van der Waals surface area contributed by atoms with Crippen LogP contribution in [0, 0.1) is 0 Å². The predicted octanol–water partition coefficient (Wildman–Crippen LogP) is 1.46. The number of aromatic nitrogens is 3. The molecule has 0 aliphatic rings. The van der Waals surface area contributed by atoms with Crippen LogP contribution >= 0.6 is 0 Å². The Morgan fingerprint density at radius 3 is 3.14 bits per heavy atom. The standard InChI is InChI=1S/C10H8N4/c11-9-5-7-8(6-12-9)14-4-2-1-3-10(14)13-7/h1-6H,(H2,11,12). The third kappa shape index (κ3) is 0.877. The van der Waals surface area contributed by atoms with E-state index in [-0.39, 0.29) is 0 Å². The molecular formula is C10H8N4. The summed E-state index contributed by atoms with van der Waals surface area (Å²) in [6.07, 6.45) is 3.70. The summed E-state index contributed by atoms with van der Waals surface area (Å²) in [6, 6.07) is 7.65. The van der Waals surface area contributed by atoms with Crippen LogP contribution in [0.4, 0.5) is 5.82 Å². The van der Waals surface area contributed by atoms with E-state index in [0.29, 0.717) is 5.82 Å². The Morgan fingerprint density at radius 2 is 2.21 bits per heavy atom. The molecule has 68 valence electrons. The molecule has 0 aliphatic heterocycles. The van der Waals surface area contributed by atoms with Gasteiger partial charge in [0.1, 0.15) is 11.5 Å². The van der Waals surface area contributed by atoms with Crippen molar-refractivity contribution in [3.05, 3.63) is 36.7 Å². The number of nitrogens with zero attached hydrogens (tertiary/aromatic N) is 3. The van der Waals surface area contributed by atoms with Crippen molar-refractivity contribution < 1.29 is 0 Å². The molecule has 0 aliphatic carbocycles. The molecule has 0 aromatic carbocycles. The summed E-state index contributed by atoms with van der Waals surface area (Å²) in [7, 11) is 0. The number of nitrogens with two attached hydrogens (primary N) is 1. The van der Waals surface area contributed by atoms with E-state index in [1.807, 2.05) is 28.8 Å². The quantitative estimate of drug-likeness (QED) is 0.575. The van der Waals surface area contributed by atoms with Crippen molar-refractivity contribution in [2.24, 2.45) is 0 Å². The lowest BCUT2D eigenvalue weighted by molar-refractivity contribution is 1.21. The van der Waals surface area contributed by atoms with Crippen molar-refractivity contribution in [2.75, 3.05) is 5.73 Å². The molecule has 3 heterocycles. The molecule has 3 aromatic heterocycles. The number of pyridine rings is 2. The van der Waals surface area contributed by atoms with Crippen molar-refractivity contribution in [1.82, 2.24) is 14.4 Å². The minimum Gasteiger partial charge on any atom is -0.384 e. The van der Waals surface area contributed by atoms with E-state index >= 15 is 0 Å². The summed E-state index contributed by atoms with van der Waals surface area (Å²) in [4.78, 5) is 8.47. The number of anilines is 1. The zero-order chi connectivity index (χ0) is 9.54. The number of rotatable bonds is 0. The van der Waals surface area contributed by atoms with Gasteiger partial charge in [-0.2, -0.15) is 0 Å². The molecule has 0 radical (unpaired) electrons. The summed E-state index contributed by atoms with van der Waals surface area (Å²) >= 11 is 0. The summed E-state index contributed by atoms with van der Waals surface area (Å²) in [5, 5.41) is 0. The first-order valence-corrected chi connectivity index (χ1v) is 4.33. The van der Waals surface area contributed by atoms with Gasteiger partial charge in [0.05, 0.1) is 17.2 Å². The topological polar surface area (TPSA) is 56.2 Å². The van der Waals surface area contributed by atoms with E-state index < -0.39 is 0 Å². The van der Waals surface area contributed by atoms with E-state index in [1.54, 1.807) is 12.3 Å². The molecule has 0 amide bonds. The highest BCUT2D eigenvalue weighted by Gasteiger charge is 2.03. The fourth-order valence-electron chi connectivity index (χ4n) is 1.58. The third-order valence-corrected chi connectivity index (χ3v) is 2.22. The highest BCUT2D eigenvalue weighted by Crippen LogP contribution is 2.16. The van der Waals surface area contributed by atoms with Gasteiger partial charge < -0.3 is 5.73 Å². The Kier molecular flexibility index (Phi) is 1.28. The summed E-state index contributed by atoms with van der Waals surface area (Å²) in [6.45, 7) is 0. The summed E-state index contributed by atoms with van der Waals surface area (Å²) < 4.78 is 1.99. The van der Waals surface area contributed by atoms with Gasteiger partial charge >= 0.3 is 0 Å². The molecule has 0 unspecified atom stereocenters. The van der Waals surface area contributed by atoms with Gasteiger partial charge in [-0.15, -0.1) is 0 Å². The van der Waals surface area contributed by atoms with Crippen molar-refractivity contribution in [2.45, 2.75) is 0 Å². The summed E-state index contributed by atoms with van der Waals surface area (Å²) in [5.74, 6) is 0.501. The Morgan fingerprint density at radius 1 is 1.29 bits per heavy atom. The Bertz CT molecular complexity index is 612. The highest BCUT2D eigenvalue weighted by atomic mass is 15.0. The number of hydrogen-bond acceptors (Lipinski definition) is 3. The Balaban J connectivity index is 2.57. The first kappa shape index (κ1) is 7.32. The number of imidazole rings is 1. The maximum Gasteiger partial charge on any atom is 0.137 e. The first-order valence-electron chi connectivity index (χ1n) is 4.33. The molecule has 2 N–H and O–H groups in total. The fraction of sp³-hybridized carbons (Fsp3) is 0. The van der Waals surface area contributed by atoms with E-state index in [1.165, 1.54) is 0 Å². The smallest absolute Gasteiger partial charge is 0.137 e. The molecule has 4 heteroatoms. The zero-order valence-electron chi connectivity index (χ0n) is 7.38. The van der Waals surface area contributed by atoms with Crippen LogP contribution in [0.25, 0.3) is 16.7 Å². The second-order valence-electron chi connectivity index (χ2n) is 3.14. The Hall–Kier alpha value is -2.10. The minimum absolute atomic E-state index is 0.501. The van der Waals surface area contributed by atoms with Crippen molar-refractivity contribution in [1.29, 1.82) is 0 Å². The number of nitrogen functional groups attached to an aromatic ring is 1. The maximum absolute atomic E-state index is 5.59. The van der Waals surface area contributed by atoms with Crippen LogP contribution in [0.1, 0.15) is 0 Å². The second kappa shape index (κ2) is 2.45. The number of hydrogen-bond donors (Lipinski definition) is 1. The summed E-state index contributed by atoms with van der Waals surface area (Å²) in [5.41, 5.74) is 8.36. The van der Waals surface area contributed by atoms with Crippen molar-refractivity contribution in [3.8, 4) is 0 Å². The van der Waals surface area contributed by atoms with Crippen LogP contribution in [0.3, 0.4) is 0 Å². The van der Waals surface area contributed by atoms with Crippen LogP contribution in [-0.4, -0.2) is 14.4 Å². The van der Waals surface area contributed by atoms with Crippen LogP contribution in [-0.2, 0) is 0 Å². The molecular weight excluding hydrogens is 176 g/mol. The molecule has 14 heavy (non-hydrogen) atoms. The van der Waals surface area contributed by atoms with Gasteiger partial charge in [-0.1, -0.05) is 6.07 Å². The minimum atomic E-state index is 0.501. The molecule has 0 fully saturated rings. The lowest BCUT2D eigenvalue weighted by atomic mass is 10.4. The predicted molar refractivity (Wildman–Crippen MR) is 54.9 cm³/mol. The third-order valence-electron chi connectivity index (χ3n) is 2.22. The largest absolute Gasteiger partial charge is 0.384 e. The molecule has 0 bridgehead atoms. The van der Waals surface area contributed by atoms with Crippen molar-refractivity contribution in [3.63, 3.8) is 0 Å². The van der Waals surface area contributed by atoms with E-state index in [2.05, 4.69) is 9.97 Å². The normalized spacial score (nSPS) is 11.1. The molecule has 0 atom stereocenters. The molecule has 0 saturated heterocycles. The molecule has 3 aromatic rings. The van der Waals surface area contributed by atoms with E-state index in [0.717, 1.165) is 16.7 Å². The second-order valence-corrected chi connectivity index (χ2v) is 3.14. The van der Waals surface area contributed by atoms with Gasteiger partial charge in [0, 0.05) is 12.3 Å². The average Bonchev–Trinajstić information content (AvgIpc) is 2.54. The fourth-order valence-corrected chi connectivity index (χ4v) is 1.58. The number of fused-ring (bicyclic) bond motifs is 3. The lowest BCUT2D eigenvalue weighted by Crippen LogP contribution is -1.89. The monoisotopic (exact) mass is 184 g/mol. The van der Waals surface area contributed by atoms with Gasteiger partial charge in [-0.05, 0) is 12.1 Å². The van der Waals surface area contributed by atoms with Crippen LogP contribution in [0.2, 0.25) is 0 Å². The first-order chi connectivity index (χ1) is 6.84. The van der Waals surface area contributed by atoms with Gasteiger partial charge in [-0.3, -0.25) is 4.40 Å². The Labute approximate surface area is 80.0 Å². The SMILES string of the molecule is Nc1cc2nc3ccccn3c2cn1. The average molecular weight is 184 g/mol. The van der Waals surface area contributed by atoms with Crippen LogP contribution < -0.4 is 5.73 Å². The van der Waals surface area contributed by atoms with E-state index in [9.17, 15) is 0 Å². The highest BCUT2D eigenvalue weighted by molar-refractivity contribution is 5.81. The zero-order valence-corrected chi connectivity index (χ0v) is 7.38. The molecule has 4 nitrogen and oxygen atoms in total. The van der Waals surface area contributed by atoms with Gasteiger partial charge in [0.25, 0.3) is 0 Å². The maximum atomic E-state index is 5.59. The van der Waals surface area contributed by atoms with Crippen LogP contribution in [0.15, 0.2) is 36.7 Å². The van der Waals surface area contributed by atoms with Crippen LogP contribution in [0.5, 0.6) is 0 Å². The lowest BCUT2D eigenvalue weighted by Gasteiger charge is -1.93. The van der Waals surface area contributed by atoms with Gasteiger partial charge in [0.15, 0.2) is 0 Å². The van der Waals surface area contributed by atoms with Gasteiger partial charge in [0.2, 0.25) is 0 Å².